The number of nitrogens with one attached hydrogen (secondary N) is 1. The lowest BCUT2D eigenvalue weighted by atomic mass is 9.97. The largest absolute Gasteiger partial charge is 0.494 e. The second-order valence-corrected chi connectivity index (χ2v) is 5.52. The van der Waals surface area contributed by atoms with Crippen LogP contribution in [0.1, 0.15) is 31.7 Å². The molecule has 1 amide bonds. The molecule has 20 heavy (non-hydrogen) atoms. The number of aliphatic hydroxyl groups is 1. The van der Waals surface area contributed by atoms with Crippen molar-refractivity contribution in [3.8, 4) is 5.75 Å². The van der Waals surface area contributed by atoms with E-state index in [1.54, 1.807) is 0 Å². The van der Waals surface area contributed by atoms with E-state index in [2.05, 4.69) is 5.32 Å². The van der Waals surface area contributed by atoms with Gasteiger partial charge in [-0.05, 0) is 37.5 Å². The lowest BCUT2D eigenvalue weighted by molar-refractivity contribution is -0.124. The SMILES string of the molecule is CC(CCOc1ccc(CO)cc1)(NC1CC1)C(N)=O. The summed E-state index contributed by atoms with van der Waals surface area (Å²) in [6, 6.07) is 7.65. The van der Waals surface area contributed by atoms with Crippen molar-refractivity contribution in [1.82, 2.24) is 5.32 Å². The van der Waals surface area contributed by atoms with Crippen LogP contribution in [0.25, 0.3) is 0 Å². The van der Waals surface area contributed by atoms with Crippen LogP contribution in [0.5, 0.6) is 5.75 Å². The van der Waals surface area contributed by atoms with Crippen LogP contribution in [-0.2, 0) is 11.4 Å². The monoisotopic (exact) mass is 278 g/mol. The highest BCUT2D eigenvalue weighted by atomic mass is 16.5. The topological polar surface area (TPSA) is 84.6 Å². The number of carbonyl (C=O) groups excluding carboxylic acids is 1. The van der Waals surface area contributed by atoms with Crippen LogP contribution < -0.4 is 15.8 Å². The summed E-state index contributed by atoms with van der Waals surface area (Å²) in [4.78, 5) is 11.6. The van der Waals surface area contributed by atoms with Gasteiger partial charge in [0, 0.05) is 12.5 Å². The standard InChI is InChI=1S/C15H22N2O3/c1-15(14(16)19,17-12-4-5-12)8-9-20-13-6-2-11(10-18)3-7-13/h2-3,6-7,12,17-18H,4-5,8-10H2,1H3,(H2,16,19). The minimum absolute atomic E-state index is 0.0192. The molecule has 2 rings (SSSR count). The third-order valence-corrected chi connectivity index (χ3v) is 3.62. The van der Waals surface area contributed by atoms with Crippen molar-refractivity contribution in [1.29, 1.82) is 0 Å². The van der Waals surface area contributed by atoms with Gasteiger partial charge in [0.2, 0.25) is 5.91 Å². The van der Waals surface area contributed by atoms with Gasteiger partial charge in [-0.1, -0.05) is 12.1 Å². The first-order valence-corrected chi connectivity index (χ1v) is 6.94. The molecule has 1 aliphatic carbocycles. The zero-order valence-electron chi connectivity index (χ0n) is 11.8. The molecule has 1 aliphatic rings. The van der Waals surface area contributed by atoms with Crippen LogP contribution in [0.4, 0.5) is 0 Å². The van der Waals surface area contributed by atoms with Crippen molar-refractivity contribution in [3.05, 3.63) is 29.8 Å². The summed E-state index contributed by atoms with van der Waals surface area (Å²) in [6.45, 7) is 2.26. The third kappa shape index (κ3) is 3.95. The lowest BCUT2D eigenvalue weighted by Gasteiger charge is -2.27. The fourth-order valence-electron chi connectivity index (χ4n) is 2.01. The maximum absolute atomic E-state index is 11.6. The molecule has 1 saturated carbocycles. The van der Waals surface area contributed by atoms with Crippen molar-refractivity contribution in [2.24, 2.45) is 5.73 Å². The molecule has 0 spiro atoms. The van der Waals surface area contributed by atoms with Crippen molar-refractivity contribution in [2.45, 2.75) is 44.4 Å². The smallest absolute Gasteiger partial charge is 0.237 e. The molecule has 0 bridgehead atoms. The summed E-state index contributed by atoms with van der Waals surface area (Å²) >= 11 is 0. The number of carbonyl (C=O) groups is 1. The van der Waals surface area contributed by atoms with E-state index in [0.29, 0.717) is 19.1 Å². The highest BCUT2D eigenvalue weighted by Gasteiger charge is 2.36. The van der Waals surface area contributed by atoms with Crippen molar-refractivity contribution >= 4 is 5.91 Å². The number of hydrogen-bond donors (Lipinski definition) is 3. The molecule has 1 aromatic carbocycles. The average molecular weight is 278 g/mol. The molecular weight excluding hydrogens is 256 g/mol. The first-order valence-electron chi connectivity index (χ1n) is 6.94. The fraction of sp³-hybridized carbons (Fsp3) is 0.533. The maximum atomic E-state index is 11.6. The molecule has 0 heterocycles. The fourth-order valence-corrected chi connectivity index (χ4v) is 2.01. The minimum Gasteiger partial charge on any atom is -0.494 e. The van der Waals surface area contributed by atoms with Crippen molar-refractivity contribution < 1.29 is 14.6 Å². The number of rotatable bonds is 8. The van der Waals surface area contributed by atoms with Gasteiger partial charge in [0.1, 0.15) is 5.75 Å². The molecule has 5 nitrogen and oxygen atoms in total. The summed E-state index contributed by atoms with van der Waals surface area (Å²) in [5.41, 5.74) is 5.61. The van der Waals surface area contributed by atoms with Crippen LogP contribution in [0, 0.1) is 0 Å². The number of benzene rings is 1. The van der Waals surface area contributed by atoms with E-state index < -0.39 is 5.54 Å². The zero-order chi connectivity index (χ0) is 14.6. The molecular formula is C15H22N2O3. The highest BCUT2D eigenvalue weighted by molar-refractivity contribution is 5.84. The first kappa shape index (κ1) is 14.8. The van der Waals surface area contributed by atoms with E-state index in [0.717, 1.165) is 24.2 Å². The van der Waals surface area contributed by atoms with Gasteiger partial charge in [-0.3, -0.25) is 4.79 Å². The van der Waals surface area contributed by atoms with Gasteiger partial charge in [0.15, 0.2) is 0 Å². The summed E-state index contributed by atoms with van der Waals surface area (Å²) in [6.07, 6.45) is 2.74. The summed E-state index contributed by atoms with van der Waals surface area (Å²) in [7, 11) is 0. The summed E-state index contributed by atoms with van der Waals surface area (Å²) in [5.74, 6) is 0.379. The Morgan fingerprint density at radius 1 is 1.45 bits per heavy atom. The Kier molecular flexibility index (Phi) is 4.62. The van der Waals surface area contributed by atoms with Crippen molar-refractivity contribution in [3.63, 3.8) is 0 Å². The Labute approximate surface area is 119 Å². The van der Waals surface area contributed by atoms with Gasteiger partial charge in [-0.15, -0.1) is 0 Å². The van der Waals surface area contributed by atoms with E-state index in [-0.39, 0.29) is 12.5 Å². The number of amides is 1. The van der Waals surface area contributed by atoms with Crippen LogP contribution in [0.3, 0.4) is 0 Å². The normalized spacial score (nSPS) is 17.5. The second-order valence-electron chi connectivity index (χ2n) is 5.52. The molecule has 1 atom stereocenters. The average Bonchev–Trinajstić information content (AvgIpc) is 3.23. The number of aliphatic hydroxyl groups excluding tert-OH is 1. The molecule has 0 radical (unpaired) electrons. The van der Waals surface area contributed by atoms with Gasteiger partial charge in [0.05, 0.1) is 18.8 Å². The Hall–Kier alpha value is -1.59. The van der Waals surface area contributed by atoms with E-state index in [9.17, 15) is 4.79 Å². The van der Waals surface area contributed by atoms with E-state index in [1.807, 2.05) is 31.2 Å². The predicted molar refractivity (Wildman–Crippen MR) is 76.2 cm³/mol. The molecule has 4 N–H and O–H groups in total. The molecule has 1 unspecified atom stereocenters. The van der Waals surface area contributed by atoms with E-state index >= 15 is 0 Å². The number of hydrogen-bond acceptors (Lipinski definition) is 4. The molecule has 0 saturated heterocycles. The van der Waals surface area contributed by atoms with Gasteiger partial charge in [0.25, 0.3) is 0 Å². The van der Waals surface area contributed by atoms with Crippen LogP contribution in [-0.4, -0.2) is 29.2 Å². The Bertz CT molecular complexity index is 457. The van der Waals surface area contributed by atoms with Gasteiger partial charge < -0.3 is 20.9 Å². The second kappa shape index (κ2) is 6.24. The van der Waals surface area contributed by atoms with Gasteiger partial charge >= 0.3 is 0 Å². The van der Waals surface area contributed by atoms with Crippen molar-refractivity contribution in [2.75, 3.05) is 6.61 Å². The molecule has 0 aromatic heterocycles. The number of nitrogens with two attached hydrogens (primary N) is 1. The van der Waals surface area contributed by atoms with Gasteiger partial charge in [-0.25, -0.2) is 0 Å². The van der Waals surface area contributed by atoms with Crippen LogP contribution in [0.2, 0.25) is 0 Å². The minimum atomic E-state index is -0.716. The van der Waals surface area contributed by atoms with E-state index in [1.165, 1.54) is 0 Å². The third-order valence-electron chi connectivity index (χ3n) is 3.62. The molecule has 0 aliphatic heterocycles. The van der Waals surface area contributed by atoms with Crippen LogP contribution >= 0.6 is 0 Å². The maximum Gasteiger partial charge on any atom is 0.237 e. The summed E-state index contributed by atoms with van der Waals surface area (Å²) < 4.78 is 5.62. The Morgan fingerprint density at radius 3 is 2.60 bits per heavy atom. The number of primary amides is 1. The lowest BCUT2D eigenvalue weighted by Crippen LogP contribution is -2.54. The summed E-state index contributed by atoms with van der Waals surface area (Å²) in [5, 5.41) is 12.2. The molecule has 110 valence electrons. The molecule has 1 fully saturated rings. The molecule has 5 heteroatoms. The van der Waals surface area contributed by atoms with E-state index in [4.69, 9.17) is 15.6 Å². The highest BCUT2D eigenvalue weighted by Crippen LogP contribution is 2.24. The van der Waals surface area contributed by atoms with Crippen LogP contribution in [0.15, 0.2) is 24.3 Å². The molecule has 1 aromatic rings. The first-order chi connectivity index (χ1) is 9.53. The zero-order valence-corrected chi connectivity index (χ0v) is 11.8. The Morgan fingerprint density at radius 2 is 2.10 bits per heavy atom. The Balaban J connectivity index is 1.84. The van der Waals surface area contributed by atoms with Gasteiger partial charge in [-0.2, -0.15) is 0 Å². The quantitative estimate of drug-likeness (QED) is 0.661. The predicted octanol–water partition coefficient (Wildman–Crippen LogP) is 0.944. The number of ether oxygens (including phenoxy) is 1.